The zero-order valence-electron chi connectivity index (χ0n) is 11.4. The second-order valence-electron chi connectivity index (χ2n) is 4.59. The fourth-order valence-corrected chi connectivity index (χ4v) is 2.81. The number of nitrogens with zero attached hydrogens (tertiary/aromatic N) is 1. The molecule has 2 rings (SSSR count). The van der Waals surface area contributed by atoms with Crippen molar-refractivity contribution in [3.05, 3.63) is 52.5 Å². The third kappa shape index (κ3) is 3.29. The van der Waals surface area contributed by atoms with Crippen LogP contribution in [0.3, 0.4) is 0 Å². The third-order valence-electron chi connectivity index (χ3n) is 2.92. The van der Waals surface area contributed by atoms with Gasteiger partial charge in [0.15, 0.2) is 0 Å². The van der Waals surface area contributed by atoms with Crippen LogP contribution >= 0.6 is 28.1 Å². The Kier molecular flexibility index (Phi) is 4.62. The van der Waals surface area contributed by atoms with Gasteiger partial charge in [0.05, 0.1) is 0 Å². The number of rotatable bonds is 4. The lowest BCUT2D eigenvalue weighted by Crippen LogP contribution is -2.13. The van der Waals surface area contributed by atoms with Crippen LogP contribution in [0.2, 0.25) is 0 Å². The lowest BCUT2D eigenvalue weighted by molar-refractivity contribution is 1.13. The second-order valence-corrected chi connectivity index (χ2v) is 5.89. The second kappa shape index (κ2) is 6.24. The Morgan fingerprint density at radius 3 is 2.35 bits per heavy atom. The minimum Gasteiger partial charge on any atom is -0.389 e. The summed E-state index contributed by atoms with van der Waals surface area (Å²) >= 11 is 8.59. The molecule has 0 aliphatic carbocycles. The van der Waals surface area contributed by atoms with E-state index in [1.165, 1.54) is 0 Å². The fourth-order valence-electron chi connectivity index (χ4n) is 1.88. The number of hydrogen-bond acceptors (Lipinski definition) is 3. The average molecular weight is 350 g/mol. The Morgan fingerprint density at radius 1 is 1.15 bits per heavy atom. The van der Waals surface area contributed by atoms with Crippen LogP contribution in [0.15, 0.2) is 46.9 Å². The minimum absolute atomic E-state index is 0.366. The van der Waals surface area contributed by atoms with E-state index in [4.69, 9.17) is 18.0 Å². The van der Waals surface area contributed by atoms with E-state index >= 15 is 0 Å². The normalized spacial score (nSPS) is 10.2. The van der Waals surface area contributed by atoms with Gasteiger partial charge in [0, 0.05) is 41.2 Å². The molecule has 0 aliphatic heterocycles. The summed E-state index contributed by atoms with van der Waals surface area (Å²) < 4.78 is 0.889. The van der Waals surface area contributed by atoms with E-state index in [1.807, 2.05) is 44.4 Å². The highest BCUT2D eigenvalue weighted by Crippen LogP contribution is 2.28. The highest BCUT2D eigenvalue weighted by atomic mass is 79.9. The Balaban J connectivity index is 2.30. The van der Waals surface area contributed by atoms with Crippen LogP contribution in [0.25, 0.3) is 0 Å². The van der Waals surface area contributed by atoms with Crippen LogP contribution in [0, 0.1) is 0 Å². The monoisotopic (exact) mass is 349 g/mol. The minimum atomic E-state index is 0.366. The fraction of sp³-hybridized carbons (Fsp3) is 0.133. The molecule has 0 aliphatic rings. The van der Waals surface area contributed by atoms with Crippen molar-refractivity contribution < 1.29 is 0 Å². The molecule has 5 heteroatoms. The van der Waals surface area contributed by atoms with Crippen molar-refractivity contribution >= 4 is 50.2 Å². The molecule has 0 fully saturated rings. The van der Waals surface area contributed by atoms with Crippen LogP contribution in [0.4, 0.5) is 17.1 Å². The molecule has 2 aromatic rings. The summed E-state index contributed by atoms with van der Waals surface area (Å²) in [5, 5.41) is 3.34. The van der Waals surface area contributed by atoms with Gasteiger partial charge < -0.3 is 16.0 Å². The van der Waals surface area contributed by atoms with Crippen molar-refractivity contribution in [2.24, 2.45) is 5.73 Å². The topological polar surface area (TPSA) is 41.3 Å². The molecule has 0 amide bonds. The standard InChI is InChI=1S/C15H16BrN3S/c1-19(2)11-8-6-10(7-9-11)18-13-5-3-4-12(16)14(13)15(17)20/h3-9,18H,1-2H3,(H2,17,20). The summed E-state index contributed by atoms with van der Waals surface area (Å²) in [6.45, 7) is 0. The smallest absolute Gasteiger partial charge is 0.107 e. The molecule has 0 heterocycles. The van der Waals surface area contributed by atoms with Crippen LogP contribution in [-0.2, 0) is 0 Å². The molecule has 3 nitrogen and oxygen atoms in total. The molecule has 3 N–H and O–H groups in total. The van der Waals surface area contributed by atoms with Gasteiger partial charge in [-0.2, -0.15) is 0 Å². The van der Waals surface area contributed by atoms with E-state index in [9.17, 15) is 0 Å². The number of nitrogens with one attached hydrogen (secondary N) is 1. The van der Waals surface area contributed by atoms with Crippen molar-refractivity contribution in [2.45, 2.75) is 0 Å². The molecule has 20 heavy (non-hydrogen) atoms. The van der Waals surface area contributed by atoms with Crippen molar-refractivity contribution in [3.63, 3.8) is 0 Å². The van der Waals surface area contributed by atoms with Gasteiger partial charge in [0.2, 0.25) is 0 Å². The lowest BCUT2D eigenvalue weighted by atomic mass is 10.1. The van der Waals surface area contributed by atoms with Gasteiger partial charge in [-0.15, -0.1) is 0 Å². The number of anilines is 3. The number of nitrogens with two attached hydrogens (primary N) is 1. The number of hydrogen-bond donors (Lipinski definition) is 2. The first-order valence-electron chi connectivity index (χ1n) is 6.12. The molecule has 0 radical (unpaired) electrons. The molecule has 0 aromatic heterocycles. The summed E-state index contributed by atoms with van der Waals surface area (Å²) in [7, 11) is 4.03. The Labute approximate surface area is 132 Å². The lowest BCUT2D eigenvalue weighted by Gasteiger charge is -2.15. The highest BCUT2D eigenvalue weighted by molar-refractivity contribution is 9.10. The molecule has 0 saturated heterocycles. The van der Waals surface area contributed by atoms with E-state index in [-0.39, 0.29) is 0 Å². The van der Waals surface area contributed by atoms with E-state index < -0.39 is 0 Å². The average Bonchev–Trinajstić information content (AvgIpc) is 2.39. The predicted molar refractivity (Wildman–Crippen MR) is 94.1 cm³/mol. The van der Waals surface area contributed by atoms with E-state index in [0.29, 0.717) is 4.99 Å². The van der Waals surface area contributed by atoms with E-state index in [0.717, 1.165) is 27.1 Å². The van der Waals surface area contributed by atoms with Crippen molar-refractivity contribution in [1.82, 2.24) is 0 Å². The van der Waals surface area contributed by atoms with Crippen molar-refractivity contribution in [2.75, 3.05) is 24.3 Å². The maximum absolute atomic E-state index is 5.79. The SMILES string of the molecule is CN(C)c1ccc(Nc2cccc(Br)c2C(N)=S)cc1. The number of thiocarbonyl (C=S) groups is 1. The Bertz CT molecular complexity index is 624. The third-order valence-corrected chi connectivity index (χ3v) is 3.79. The zero-order valence-corrected chi connectivity index (χ0v) is 13.8. The van der Waals surface area contributed by atoms with Crippen LogP contribution in [0.5, 0.6) is 0 Å². The molecule has 0 saturated carbocycles. The summed E-state index contributed by atoms with van der Waals surface area (Å²) in [5.41, 5.74) is 9.64. The van der Waals surface area contributed by atoms with Crippen LogP contribution in [0.1, 0.15) is 5.56 Å². The van der Waals surface area contributed by atoms with Gasteiger partial charge >= 0.3 is 0 Å². The quantitative estimate of drug-likeness (QED) is 0.821. The van der Waals surface area contributed by atoms with Gasteiger partial charge in [0.1, 0.15) is 4.99 Å². The molecule has 0 unspecified atom stereocenters. The molecule has 0 spiro atoms. The highest BCUT2D eigenvalue weighted by Gasteiger charge is 2.09. The van der Waals surface area contributed by atoms with Gasteiger partial charge in [0.25, 0.3) is 0 Å². The Morgan fingerprint density at radius 2 is 1.80 bits per heavy atom. The summed E-state index contributed by atoms with van der Waals surface area (Å²) in [5.74, 6) is 0. The maximum atomic E-state index is 5.79. The first-order chi connectivity index (χ1) is 9.49. The maximum Gasteiger partial charge on any atom is 0.107 e. The van der Waals surface area contributed by atoms with Gasteiger partial charge in [-0.1, -0.05) is 18.3 Å². The first kappa shape index (κ1) is 14.8. The van der Waals surface area contributed by atoms with E-state index in [1.54, 1.807) is 0 Å². The predicted octanol–water partition coefficient (Wildman–Crippen LogP) is 3.89. The van der Waals surface area contributed by atoms with Gasteiger partial charge in [-0.25, -0.2) is 0 Å². The van der Waals surface area contributed by atoms with Crippen LogP contribution in [-0.4, -0.2) is 19.1 Å². The zero-order chi connectivity index (χ0) is 14.7. The number of halogens is 1. The number of benzene rings is 2. The van der Waals surface area contributed by atoms with Crippen molar-refractivity contribution in [3.8, 4) is 0 Å². The molecule has 104 valence electrons. The molecular formula is C15H16BrN3S. The largest absolute Gasteiger partial charge is 0.389 e. The Hall–Kier alpha value is -1.59. The first-order valence-corrected chi connectivity index (χ1v) is 7.32. The van der Waals surface area contributed by atoms with E-state index in [2.05, 4.69) is 38.3 Å². The molecule has 2 aromatic carbocycles. The summed E-state index contributed by atoms with van der Waals surface area (Å²) in [6.07, 6.45) is 0. The van der Waals surface area contributed by atoms with Gasteiger partial charge in [-0.3, -0.25) is 0 Å². The molecule has 0 atom stereocenters. The summed E-state index contributed by atoms with van der Waals surface area (Å²) in [4.78, 5) is 2.42. The van der Waals surface area contributed by atoms with Crippen molar-refractivity contribution in [1.29, 1.82) is 0 Å². The molecular weight excluding hydrogens is 334 g/mol. The van der Waals surface area contributed by atoms with Crippen LogP contribution < -0.4 is 16.0 Å². The molecule has 0 bridgehead atoms. The van der Waals surface area contributed by atoms with Gasteiger partial charge in [-0.05, 0) is 52.3 Å². The summed E-state index contributed by atoms with van der Waals surface area (Å²) in [6, 6.07) is 14.0.